The van der Waals surface area contributed by atoms with Crippen molar-refractivity contribution in [1.29, 1.82) is 0 Å². The molecule has 18 heavy (non-hydrogen) atoms. The van der Waals surface area contributed by atoms with Crippen molar-refractivity contribution in [2.24, 2.45) is 0 Å². The Kier molecular flexibility index (Phi) is 3.56. The quantitative estimate of drug-likeness (QED) is 0.895. The highest BCUT2D eigenvalue weighted by Gasteiger charge is 2.31. The van der Waals surface area contributed by atoms with E-state index in [-0.39, 0.29) is 18.4 Å². The zero-order valence-electron chi connectivity index (χ0n) is 10.1. The predicted molar refractivity (Wildman–Crippen MR) is 70.7 cm³/mol. The SMILES string of the molecule is COc1ccc(Br)c(N2CC(=O)NC(C)C2=O)c1. The lowest BCUT2D eigenvalue weighted by Crippen LogP contribution is -2.57. The first-order valence-corrected chi connectivity index (χ1v) is 6.26. The summed E-state index contributed by atoms with van der Waals surface area (Å²) in [5.41, 5.74) is 0.640. The van der Waals surface area contributed by atoms with Crippen molar-refractivity contribution in [2.45, 2.75) is 13.0 Å². The second-order valence-electron chi connectivity index (χ2n) is 4.03. The zero-order chi connectivity index (χ0) is 13.3. The Bertz CT molecular complexity index is 504. The minimum absolute atomic E-state index is 0.0228. The highest BCUT2D eigenvalue weighted by atomic mass is 79.9. The van der Waals surface area contributed by atoms with Gasteiger partial charge in [0.2, 0.25) is 11.8 Å². The minimum atomic E-state index is -0.510. The van der Waals surface area contributed by atoms with Gasteiger partial charge in [-0.15, -0.1) is 0 Å². The number of hydrogen-bond acceptors (Lipinski definition) is 3. The van der Waals surface area contributed by atoms with E-state index in [2.05, 4.69) is 21.2 Å². The second-order valence-corrected chi connectivity index (χ2v) is 4.89. The second kappa shape index (κ2) is 4.97. The van der Waals surface area contributed by atoms with E-state index < -0.39 is 6.04 Å². The van der Waals surface area contributed by atoms with E-state index in [9.17, 15) is 9.59 Å². The highest BCUT2D eigenvalue weighted by molar-refractivity contribution is 9.10. The van der Waals surface area contributed by atoms with Gasteiger partial charge in [0.25, 0.3) is 0 Å². The number of ether oxygens (including phenoxy) is 1. The Morgan fingerprint density at radius 2 is 2.17 bits per heavy atom. The molecule has 1 N–H and O–H groups in total. The molecule has 0 aliphatic carbocycles. The fraction of sp³-hybridized carbons (Fsp3) is 0.333. The molecule has 1 aromatic carbocycles. The first-order chi connectivity index (χ1) is 8.52. The fourth-order valence-corrected chi connectivity index (χ4v) is 2.29. The van der Waals surface area contributed by atoms with E-state index in [1.165, 1.54) is 4.90 Å². The summed E-state index contributed by atoms with van der Waals surface area (Å²) in [6.45, 7) is 1.69. The third-order valence-electron chi connectivity index (χ3n) is 2.76. The van der Waals surface area contributed by atoms with E-state index in [4.69, 9.17) is 4.74 Å². The number of nitrogens with one attached hydrogen (secondary N) is 1. The molecule has 1 unspecified atom stereocenters. The molecule has 2 rings (SSSR count). The molecule has 0 bridgehead atoms. The molecule has 1 fully saturated rings. The Hall–Kier alpha value is -1.56. The van der Waals surface area contributed by atoms with Crippen LogP contribution in [0.5, 0.6) is 5.75 Å². The fourth-order valence-electron chi connectivity index (χ4n) is 1.83. The van der Waals surface area contributed by atoms with Gasteiger partial charge in [-0.1, -0.05) is 0 Å². The average molecular weight is 313 g/mol. The van der Waals surface area contributed by atoms with Gasteiger partial charge >= 0.3 is 0 Å². The number of halogens is 1. The molecule has 1 aliphatic heterocycles. The van der Waals surface area contributed by atoms with E-state index in [1.807, 2.05) is 0 Å². The molecule has 0 saturated carbocycles. The summed E-state index contributed by atoms with van der Waals surface area (Å²) in [6.07, 6.45) is 0. The molecule has 2 amide bonds. The predicted octanol–water partition coefficient (Wildman–Crippen LogP) is 1.31. The molecule has 1 saturated heterocycles. The van der Waals surface area contributed by atoms with Crippen molar-refractivity contribution in [3.63, 3.8) is 0 Å². The van der Waals surface area contributed by atoms with Crippen LogP contribution in [0.15, 0.2) is 22.7 Å². The zero-order valence-corrected chi connectivity index (χ0v) is 11.7. The van der Waals surface area contributed by atoms with Gasteiger partial charge in [0, 0.05) is 10.5 Å². The van der Waals surface area contributed by atoms with Crippen LogP contribution in [0.4, 0.5) is 5.69 Å². The summed E-state index contributed by atoms with van der Waals surface area (Å²) in [4.78, 5) is 25.0. The number of anilines is 1. The van der Waals surface area contributed by atoms with E-state index >= 15 is 0 Å². The van der Waals surface area contributed by atoms with Crippen molar-refractivity contribution >= 4 is 33.4 Å². The van der Waals surface area contributed by atoms with Gasteiger partial charge in [-0.3, -0.25) is 14.5 Å². The normalized spacial score (nSPS) is 19.7. The third-order valence-corrected chi connectivity index (χ3v) is 3.43. The lowest BCUT2D eigenvalue weighted by Gasteiger charge is -2.31. The van der Waals surface area contributed by atoms with Crippen LogP contribution in [0.1, 0.15) is 6.92 Å². The number of carbonyl (C=O) groups is 2. The molecule has 6 heteroatoms. The number of nitrogens with zero attached hydrogens (tertiary/aromatic N) is 1. The maximum absolute atomic E-state index is 12.1. The topological polar surface area (TPSA) is 58.6 Å². The van der Waals surface area contributed by atoms with E-state index in [0.29, 0.717) is 11.4 Å². The Labute approximate surface area is 113 Å². The number of hydrogen-bond donors (Lipinski definition) is 1. The van der Waals surface area contributed by atoms with Crippen LogP contribution in [-0.4, -0.2) is 31.5 Å². The summed E-state index contributed by atoms with van der Waals surface area (Å²) in [7, 11) is 1.56. The maximum Gasteiger partial charge on any atom is 0.249 e. The van der Waals surface area contributed by atoms with Crippen molar-refractivity contribution in [3.8, 4) is 5.75 Å². The molecule has 5 nitrogen and oxygen atoms in total. The summed E-state index contributed by atoms with van der Waals surface area (Å²) in [5, 5.41) is 2.60. The third kappa shape index (κ3) is 2.33. The number of benzene rings is 1. The molecule has 0 radical (unpaired) electrons. The maximum atomic E-state index is 12.1. The Morgan fingerprint density at radius 1 is 1.44 bits per heavy atom. The number of piperazine rings is 1. The summed E-state index contributed by atoms with van der Waals surface area (Å²) in [6, 6.07) is 4.79. The van der Waals surface area contributed by atoms with Crippen LogP contribution >= 0.6 is 15.9 Å². The molecular weight excluding hydrogens is 300 g/mol. The highest BCUT2D eigenvalue weighted by Crippen LogP contribution is 2.31. The summed E-state index contributed by atoms with van der Waals surface area (Å²) in [5.74, 6) is 0.333. The number of amides is 2. The molecule has 0 spiro atoms. The van der Waals surface area contributed by atoms with Crippen molar-refractivity contribution in [3.05, 3.63) is 22.7 Å². The first-order valence-electron chi connectivity index (χ1n) is 5.47. The molecular formula is C12H13BrN2O3. The van der Waals surface area contributed by atoms with E-state index in [0.717, 1.165) is 4.47 Å². The van der Waals surface area contributed by atoms with Crippen LogP contribution in [0.2, 0.25) is 0 Å². The van der Waals surface area contributed by atoms with Gasteiger partial charge in [-0.2, -0.15) is 0 Å². The van der Waals surface area contributed by atoms with Crippen LogP contribution in [0.3, 0.4) is 0 Å². The lowest BCUT2D eigenvalue weighted by molar-refractivity contribution is -0.130. The summed E-state index contributed by atoms with van der Waals surface area (Å²) < 4.78 is 5.88. The van der Waals surface area contributed by atoms with Crippen LogP contribution < -0.4 is 15.0 Å². The minimum Gasteiger partial charge on any atom is -0.497 e. The van der Waals surface area contributed by atoms with Crippen LogP contribution in [-0.2, 0) is 9.59 Å². The average Bonchev–Trinajstić information content (AvgIpc) is 2.34. The van der Waals surface area contributed by atoms with Crippen LogP contribution in [0.25, 0.3) is 0 Å². The van der Waals surface area contributed by atoms with Gasteiger partial charge in [0.05, 0.1) is 12.8 Å². The molecule has 96 valence electrons. The number of carbonyl (C=O) groups excluding carboxylic acids is 2. The lowest BCUT2D eigenvalue weighted by atomic mass is 10.2. The number of rotatable bonds is 2. The summed E-state index contributed by atoms with van der Waals surface area (Å²) >= 11 is 3.38. The van der Waals surface area contributed by atoms with Gasteiger partial charge in [-0.25, -0.2) is 0 Å². The van der Waals surface area contributed by atoms with Crippen molar-refractivity contribution in [1.82, 2.24) is 5.32 Å². The van der Waals surface area contributed by atoms with Crippen LogP contribution in [0, 0.1) is 0 Å². The Morgan fingerprint density at radius 3 is 2.83 bits per heavy atom. The Balaban J connectivity index is 2.40. The van der Waals surface area contributed by atoms with Gasteiger partial charge in [0.1, 0.15) is 18.3 Å². The largest absolute Gasteiger partial charge is 0.497 e. The molecule has 1 aliphatic rings. The number of methoxy groups -OCH3 is 1. The molecule has 0 aromatic heterocycles. The van der Waals surface area contributed by atoms with Gasteiger partial charge < -0.3 is 10.1 Å². The van der Waals surface area contributed by atoms with Gasteiger partial charge in [-0.05, 0) is 35.0 Å². The standard InChI is InChI=1S/C12H13BrN2O3/c1-7-12(17)15(6-11(16)14-7)10-5-8(18-2)3-4-9(10)13/h3-5,7H,6H2,1-2H3,(H,14,16). The monoisotopic (exact) mass is 312 g/mol. The van der Waals surface area contributed by atoms with Crippen molar-refractivity contribution < 1.29 is 14.3 Å². The van der Waals surface area contributed by atoms with E-state index in [1.54, 1.807) is 32.2 Å². The molecule has 1 atom stereocenters. The smallest absolute Gasteiger partial charge is 0.249 e. The molecule has 1 aromatic rings. The first kappa shape index (κ1) is 12.9. The van der Waals surface area contributed by atoms with Gasteiger partial charge in [0.15, 0.2) is 0 Å². The van der Waals surface area contributed by atoms with Crippen molar-refractivity contribution in [2.75, 3.05) is 18.6 Å². The molecule has 1 heterocycles.